The van der Waals surface area contributed by atoms with Gasteiger partial charge in [0.05, 0.1) is 12.6 Å². The zero-order valence-corrected chi connectivity index (χ0v) is 7.90. The quantitative estimate of drug-likeness (QED) is 0.437. The number of carbonyl (C=O) groups is 1. The van der Waals surface area contributed by atoms with Crippen LogP contribution in [0.2, 0.25) is 0 Å². The van der Waals surface area contributed by atoms with Crippen molar-refractivity contribution in [2.75, 3.05) is 13.7 Å². The van der Waals surface area contributed by atoms with Crippen LogP contribution in [0.1, 0.15) is 6.42 Å². The summed E-state index contributed by atoms with van der Waals surface area (Å²) in [6, 6.07) is -1.40. The maximum Gasteiger partial charge on any atom is 0.221 e. The van der Waals surface area contributed by atoms with Crippen LogP contribution in [0.4, 0.5) is 4.39 Å². The molecule has 0 saturated carbocycles. The van der Waals surface area contributed by atoms with Gasteiger partial charge in [-0.2, -0.15) is 0 Å². The van der Waals surface area contributed by atoms with E-state index in [1.165, 1.54) is 7.05 Å². The number of amides is 1. The van der Waals surface area contributed by atoms with E-state index in [9.17, 15) is 14.3 Å². The van der Waals surface area contributed by atoms with Crippen molar-refractivity contribution in [3.63, 3.8) is 0 Å². The van der Waals surface area contributed by atoms with Crippen LogP contribution in [0.3, 0.4) is 0 Å². The number of nitrogens with one attached hydrogen (secondary N) is 2. The van der Waals surface area contributed by atoms with Gasteiger partial charge in [0.2, 0.25) is 5.91 Å². The van der Waals surface area contributed by atoms with E-state index in [4.69, 9.17) is 5.11 Å². The Bertz CT molecular complexity index is 215. The highest BCUT2D eigenvalue weighted by atomic mass is 19.1. The molecule has 82 valence electrons. The zero-order chi connectivity index (χ0) is 10.7. The van der Waals surface area contributed by atoms with Gasteiger partial charge in [-0.25, -0.2) is 4.39 Å². The molecule has 0 radical (unpaired) electrons. The van der Waals surface area contributed by atoms with Crippen LogP contribution in [-0.2, 0) is 4.79 Å². The minimum Gasteiger partial charge on any atom is -0.395 e. The number of hydrogen-bond donors (Lipinski definition) is 4. The average molecular weight is 206 g/mol. The van der Waals surface area contributed by atoms with E-state index in [0.29, 0.717) is 0 Å². The summed E-state index contributed by atoms with van der Waals surface area (Å²) in [6.07, 6.45) is -2.79. The van der Waals surface area contributed by atoms with Crippen molar-refractivity contribution in [3.8, 4) is 0 Å². The van der Waals surface area contributed by atoms with Crippen molar-refractivity contribution in [2.45, 2.75) is 30.8 Å². The molecule has 0 aromatic carbocycles. The van der Waals surface area contributed by atoms with Gasteiger partial charge < -0.3 is 20.8 Å². The molecule has 1 saturated heterocycles. The van der Waals surface area contributed by atoms with E-state index in [-0.39, 0.29) is 18.9 Å². The molecule has 4 atom stereocenters. The Morgan fingerprint density at radius 3 is 2.64 bits per heavy atom. The van der Waals surface area contributed by atoms with Gasteiger partial charge in [-0.15, -0.1) is 0 Å². The largest absolute Gasteiger partial charge is 0.395 e. The molecular formula is C8H15FN2O3. The van der Waals surface area contributed by atoms with Crippen molar-refractivity contribution in [1.82, 2.24) is 10.6 Å². The Labute approximate surface area is 81.3 Å². The summed E-state index contributed by atoms with van der Waals surface area (Å²) in [4.78, 5) is 11.0. The number of alkyl halides is 1. The summed E-state index contributed by atoms with van der Waals surface area (Å²) in [5, 5.41) is 23.1. The highest BCUT2D eigenvalue weighted by Gasteiger charge is 2.42. The lowest BCUT2D eigenvalue weighted by Gasteiger charge is -2.12. The molecule has 1 rings (SSSR count). The summed E-state index contributed by atoms with van der Waals surface area (Å²) in [5.74, 6) is -0.295. The van der Waals surface area contributed by atoms with Crippen molar-refractivity contribution in [2.24, 2.45) is 0 Å². The minimum atomic E-state index is -1.51. The molecule has 1 aliphatic heterocycles. The molecule has 1 aliphatic rings. The molecule has 0 unspecified atom stereocenters. The van der Waals surface area contributed by atoms with Crippen LogP contribution in [0.25, 0.3) is 0 Å². The summed E-state index contributed by atoms with van der Waals surface area (Å²) in [6.45, 7) is -0.341. The molecular weight excluding hydrogens is 191 g/mol. The first-order chi connectivity index (χ1) is 6.60. The molecule has 0 aliphatic carbocycles. The fourth-order valence-electron chi connectivity index (χ4n) is 1.56. The highest BCUT2D eigenvalue weighted by Crippen LogP contribution is 2.19. The second-order valence-electron chi connectivity index (χ2n) is 3.37. The lowest BCUT2D eigenvalue weighted by Crippen LogP contribution is -2.38. The number of halogens is 1. The van der Waals surface area contributed by atoms with E-state index in [1.807, 2.05) is 0 Å². The third-order valence-electron chi connectivity index (χ3n) is 2.43. The molecule has 0 bridgehead atoms. The van der Waals surface area contributed by atoms with E-state index in [0.717, 1.165) is 0 Å². The number of hydrogen-bond acceptors (Lipinski definition) is 4. The van der Waals surface area contributed by atoms with E-state index < -0.39 is 24.4 Å². The zero-order valence-electron chi connectivity index (χ0n) is 7.90. The normalized spacial score (nSPS) is 37.1. The Morgan fingerprint density at radius 1 is 1.57 bits per heavy atom. The van der Waals surface area contributed by atoms with Gasteiger partial charge in [-0.1, -0.05) is 0 Å². The number of rotatable bonds is 3. The van der Waals surface area contributed by atoms with Gasteiger partial charge in [-0.05, 0) is 0 Å². The predicted octanol–water partition coefficient (Wildman–Crippen LogP) is -1.85. The van der Waals surface area contributed by atoms with Crippen molar-refractivity contribution in [3.05, 3.63) is 0 Å². The van der Waals surface area contributed by atoms with Crippen molar-refractivity contribution < 1.29 is 19.4 Å². The molecule has 1 heterocycles. The summed E-state index contributed by atoms with van der Waals surface area (Å²) in [5.41, 5.74) is 0. The van der Waals surface area contributed by atoms with E-state index in [1.54, 1.807) is 0 Å². The Morgan fingerprint density at radius 2 is 2.21 bits per heavy atom. The van der Waals surface area contributed by atoms with Crippen LogP contribution >= 0.6 is 0 Å². The van der Waals surface area contributed by atoms with Crippen molar-refractivity contribution >= 4 is 5.91 Å². The topological polar surface area (TPSA) is 81.6 Å². The Kier molecular flexibility index (Phi) is 3.79. The standard InChI is InChI=1S/C8H15FN2O3/c1-10-6(13)2-4-7(9)8(14)5(3-12)11-4/h4-5,7-8,11-12,14H,2-3H2,1H3,(H,10,13)/t4-,5-,7+,8-/m1/s1. The third-order valence-corrected chi connectivity index (χ3v) is 2.43. The van der Waals surface area contributed by atoms with Gasteiger partial charge in [0.1, 0.15) is 12.3 Å². The fourth-order valence-corrected chi connectivity index (χ4v) is 1.56. The lowest BCUT2D eigenvalue weighted by atomic mass is 10.1. The molecule has 0 aromatic rings. The smallest absolute Gasteiger partial charge is 0.221 e. The summed E-state index contributed by atoms with van der Waals surface area (Å²) < 4.78 is 13.3. The highest BCUT2D eigenvalue weighted by molar-refractivity contribution is 5.76. The van der Waals surface area contributed by atoms with Crippen LogP contribution in [0.5, 0.6) is 0 Å². The summed E-state index contributed by atoms with van der Waals surface area (Å²) in [7, 11) is 1.46. The second-order valence-corrected chi connectivity index (χ2v) is 3.37. The SMILES string of the molecule is CNC(=O)C[C@H]1N[C@H](CO)[C@@H](O)[C@H]1F. The number of aliphatic hydroxyl groups excluding tert-OH is 2. The maximum absolute atomic E-state index is 13.3. The van der Waals surface area contributed by atoms with Gasteiger partial charge >= 0.3 is 0 Å². The lowest BCUT2D eigenvalue weighted by molar-refractivity contribution is -0.121. The molecule has 14 heavy (non-hydrogen) atoms. The van der Waals surface area contributed by atoms with Crippen molar-refractivity contribution in [1.29, 1.82) is 0 Å². The molecule has 1 fully saturated rings. The van der Waals surface area contributed by atoms with Crippen LogP contribution < -0.4 is 10.6 Å². The average Bonchev–Trinajstić information content (AvgIpc) is 2.45. The fraction of sp³-hybridized carbons (Fsp3) is 0.875. The molecule has 0 aromatic heterocycles. The summed E-state index contributed by atoms with van der Waals surface area (Å²) >= 11 is 0. The van der Waals surface area contributed by atoms with Crippen LogP contribution in [-0.4, -0.2) is 54.1 Å². The number of aliphatic hydroxyl groups is 2. The molecule has 4 N–H and O–H groups in total. The second kappa shape index (κ2) is 4.68. The van der Waals surface area contributed by atoms with E-state index >= 15 is 0 Å². The van der Waals surface area contributed by atoms with Gasteiger partial charge in [0, 0.05) is 19.5 Å². The predicted molar refractivity (Wildman–Crippen MR) is 47.4 cm³/mol. The van der Waals surface area contributed by atoms with E-state index in [2.05, 4.69) is 10.6 Å². The first-order valence-corrected chi connectivity index (χ1v) is 4.49. The molecule has 0 spiro atoms. The van der Waals surface area contributed by atoms with Gasteiger partial charge in [-0.3, -0.25) is 4.79 Å². The molecule has 6 heteroatoms. The Hall–Kier alpha value is -0.720. The first-order valence-electron chi connectivity index (χ1n) is 4.49. The maximum atomic E-state index is 13.3. The van der Waals surface area contributed by atoms with Gasteiger partial charge in [0.25, 0.3) is 0 Å². The monoisotopic (exact) mass is 206 g/mol. The van der Waals surface area contributed by atoms with Crippen LogP contribution in [0.15, 0.2) is 0 Å². The van der Waals surface area contributed by atoms with Gasteiger partial charge in [0.15, 0.2) is 0 Å². The van der Waals surface area contributed by atoms with Crippen LogP contribution in [0, 0.1) is 0 Å². The first kappa shape index (κ1) is 11.4. The minimum absolute atomic E-state index is 0.0365. The molecule has 5 nitrogen and oxygen atoms in total. The number of carbonyl (C=O) groups excluding carboxylic acids is 1. The third kappa shape index (κ3) is 2.20. The Balaban J connectivity index is 2.52. The molecule has 1 amide bonds.